The van der Waals surface area contributed by atoms with Gasteiger partial charge in [0.15, 0.2) is 11.6 Å². The molecule has 2 atom stereocenters. The summed E-state index contributed by atoms with van der Waals surface area (Å²) in [4.78, 5) is 24.2. The van der Waals surface area contributed by atoms with Crippen LogP contribution in [0.3, 0.4) is 0 Å². The zero-order valence-electron chi connectivity index (χ0n) is 10.3. The predicted octanol–water partition coefficient (Wildman–Crippen LogP) is 1.96. The van der Waals surface area contributed by atoms with E-state index < -0.39 is 29.6 Å². The second-order valence-corrected chi connectivity index (χ2v) is 4.42. The molecule has 2 unspecified atom stereocenters. The minimum atomic E-state index is -1.18. The smallest absolute Gasteiger partial charge is 0.309 e. The van der Waals surface area contributed by atoms with Gasteiger partial charge in [-0.1, -0.05) is 12.1 Å². The SMILES string of the molecule is CCN1C(=O)CC(C(=O)O)C1c1cccc(F)c1F. The first-order chi connectivity index (χ1) is 8.97. The van der Waals surface area contributed by atoms with Crippen molar-refractivity contribution in [3.8, 4) is 0 Å². The maximum atomic E-state index is 13.8. The number of carboxylic acid groups (broad SMARTS) is 1. The van der Waals surface area contributed by atoms with E-state index in [9.17, 15) is 18.4 Å². The normalized spacial score (nSPS) is 22.9. The number of aliphatic carboxylic acids is 1. The maximum absolute atomic E-state index is 13.8. The van der Waals surface area contributed by atoms with E-state index >= 15 is 0 Å². The van der Waals surface area contributed by atoms with Gasteiger partial charge in [0.25, 0.3) is 0 Å². The van der Waals surface area contributed by atoms with Crippen molar-refractivity contribution < 1.29 is 23.5 Å². The lowest BCUT2D eigenvalue weighted by molar-refractivity contribution is -0.142. The van der Waals surface area contributed by atoms with Crippen LogP contribution in [0.4, 0.5) is 8.78 Å². The summed E-state index contributed by atoms with van der Waals surface area (Å²) in [6.07, 6.45) is -0.191. The summed E-state index contributed by atoms with van der Waals surface area (Å²) in [7, 11) is 0. The zero-order chi connectivity index (χ0) is 14.2. The van der Waals surface area contributed by atoms with Crippen LogP contribution >= 0.6 is 0 Å². The molecule has 0 bridgehead atoms. The molecule has 0 spiro atoms. The number of nitrogens with zero attached hydrogens (tertiary/aromatic N) is 1. The Labute approximate surface area is 108 Å². The highest BCUT2D eigenvalue weighted by Crippen LogP contribution is 2.39. The van der Waals surface area contributed by atoms with Crippen LogP contribution in [0.25, 0.3) is 0 Å². The number of likely N-dealkylation sites (tertiary alicyclic amines) is 1. The summed E-state index contributed by atoms with van der Waals surface area (Å²) in [6, 6.07) is 2.64. The summed E-state index contributed by atoms with van der Waals surface area (Å²) >= 11 is 0. The highest BCUT2D eigenvalue weighted by molar-refractivity contribution is 5.87. The Kier molecular flexibility index (Phi) is 3.50. The van der Waals surface area contributed by atoms with Crippen molar-refractivity contribution in [2.75, 3.05) is 6.54 Å². The van der Waals surface area contributed by atoms with Crippen molar-refractivity contribution in [1.82, 2.24) is 4.90 Å². The van der Waals surface area contributed by atoms with Crippen molar-refractivity contribution >= 4 is 11.9 Å². The summed E-state index contributed by atoms with van der Waals surface area (Å²) in [5.41, 5.74) is -0.0832. The first-order valence-corrected chi connectivity index (χ1v) is 5.93. The molecule has 1 amide bonds. The number of benzene rings is 1. The van der Waals surface area contributed by atoms with Gasteiger partial charge < -0.3 is 10.0 Å². The van der Waals surface area contributed by atoms with Gasteiger partial charge in [-0.15, -0.1) is 0 Å². The first kappa shape index (κ1) is 13.5. The largest absolute Gasteiger partial charge is 0.481 e. The molecule has 1 aliphatic rings. The molecule has 4 nitrogen and oxygen atoms in total. The van der Waals surface area contributed by atoms with Crippen molar-refractivity contribution in [3.05, 3.63) is 35.4 Å². The molecule has 0 saturated carbocycles. The van der Waals surface area contributed by atoms with Gasteiger partial charge in [-0.25, -0.2) is 8.78 Å². The van der Waals surface area contributed by atoms with Gasteiger partial charge in [0, 0.05) is 18.5 Å². The predicted molar refractivity (Wildman–Crippen MR) is 62.2 cm³/mol. The van der Waals surface area contributed by atoms with Crippen molar-refractivity contribution in [3.63, 3.8) is 0 Å². The van der Waals surface area contributed by atoms with E-state index in [0.29, 0.717) is 0 Å². The fourth-order valence-electron chi connectivity index (χ4n) is 2.52. The number of hydrogen-bond donors (Lipinski definition) is 1. The van der Waals surface area contributed by atoms with Crippen molar-refractivity contribution in [2.45, 2.75) is 19.4 Å². The molecular formula is C13H13F2NO3. The van der Waals surface area contributed by atoms with E-state index in [1.165, 1.54) is 17.0 Å². The fraction of sp³-hybridized carbons (Fsp3) is 0.385. The Bertz CT molecular complexity index is 533. The van der Waals surface area contributed by atoms with Crippen molar-refractivity contribution in [1.29, 1.82) is 0 Å². The molecule has 0 aromatic heterocycles. The fourth-order valence-corrected chi connectivity index (χ4v) is 2.52. The molecule has 1 N–H and O–H groups in total. The summed E-state index contributed by atoms with van der Waals surface area (Å²) in [5.74, 6) is -4.73. The third kappa shape index (κ3) is 2.18. The topological polar surface area (TPSA) is 57.6 Å². The number of carbonyl (C=O) groups excluding carboxylic acids is 1. The maximum Gasteiger partial charge on any atom is 0.309 e. The lowest BCUT2D eigenvalue weighted by atomic mass is 9.93. The molecule has 6 heteroatoms. The number of amides is 1. The lowest BCUT2D eigenvalue weighted by Gasteiger charge is -2.26. The molecule has 0 aliphatic carbocycles. The Hall–Kier alpha value is -1.98. The van der Waals surface area contributed by atoms with Crippen LogP contribution in [0.2, 0.25) is 0 Å². The Morgan fingerprint density at radius 2 is 2.16 bits per heavy atom. The second-order valence-electron chi connectivity index (χ2n) is 4.42. The average Bonchev–Trinajstić information content (AvgIpc) is 2.69. The standard InChI is InChI=1S/C13H13F2NO3/c1-2-16-10(17)6-8(13(18)19)12(16)7-4-3-5-9(14)11(7)15/h3-5,8,12H,2,6H2,1H3,(H,18,19). The molecule has 0 radical (unpaired) electrons. The van der Waals surface area contributed by atoms with E-state index in [4.69, 9.17) is 5.11 Å². The average molecular weight is 269 g/mol. The number of carboxylic acids is 1. The Balaban J connectivity index is 2.51. The lowest BCUT2D eigenvalue weighted by Crippen LogP contribution is -2.31. The Morgan fingerprint density at radius 3 is 2.74 bits per heavy atom. The number of hydrogen-bond acceptors (Lipinski definition) is 2. The van der Waals surface area contributed by atoms with E-state index in [1.54, 1.807) is 6.92 Å². The summed E-state index contributed by atoms with van der Waals surface area (Å²) in [5, 5.41) is 9.14. The number of carbonyl (C=O) groups is 2. The third-order valence-electron chi connectivity index (χ3n) is 3.39. The minimum Gasteiger partial charge on any atom is -0.481 e. The monoisotopic (exact) mass is 269 g/mol. The van der Waals surface area contributed by atoms with Gasteiger partial charge >= 0.3 is 5.97 Å². The Morgan fingerprint density at radius 1 is 1.47 bits per heavy atom. The van der Waals surface area contributed by atoms with Gasteiger partial charge in [0.1, 0.15) is 0 Å². The highest BCUT2D eigenvalue weighted by atomic mass is 19.2. The van der Waals surface area contributed by atoms with Crippen LogP contribution in [0, 0.1) is 17.6 Å². The van der Waals surface area contributed by atoms with E-state index in [1.807, 2.05) is 0 Å². The molecule has 1 aromatic rings. The van der Waals surface area contributed by atoms with Crippen LogP contribution in [-0.2, 0) is 9.59 Å². The molecular weight excluding hydrogens is 256 g/mol. The quantitative estimate of drug-likeness (QED) is 0.912. The number of rotatable bonds is 3. The second kappa shape index (κ2) is 4.95. The first-order valence-electron chi connectivity index (χ1n) is 5.93. The van der Waals surface area contributed by atoms with Crippen molar-refractivity contribution in [2.24, 2.45) is 5.92 Å². The van der Waals surface area contributed by atoms with Gasteiger partial charge in [-0.2, -0.15) is 0 Å². The van der Waals surface area contributed by atoms with Crippen LogP contribution < -0.4 is 0 Å². The van der Waals surface area contributed by atoms with Crippen LogP contribution in [-0.4, -0.2) is 28.4 Å². The third-order valence-corrected chi connectivity index (χ3v) is 3.39. The molecule has 1 aliphatic heterocycles. The van der Waals surface area contributed by atoms with E-state index in [0.717, 1.165) is 6.07 Å². The number of halogens is 2. The van der Waals surface area contributed by atoms with Crippen LogP contribution in [0.15, 0.2) is 18.2 Å². The van der Waals surface area contributed by atoms with E-state index in [2.05, 4.69) is 0 Å². The van der Waals surface area contributed by atoms with Crippen LogP contribution in [0.5, 0.6) is 0 Å². The molecule has 1 heterocycles. The van der Waals surface area contributed by atoms with Crippen LogP contribution in [0.1, 0.15) is 24.9 Å². The summed E-state index contributed by atoms with van der Waals surface area (Å²) in [6.45, 7) is 1.93. The molecule has 102 valence electrons. The van der Waals surface area contributed by atoms with Gasteiger partial charge in [-0.3, -0.25) is 9.59 Å². The molecule has 1 fully saturated rings. The highest BCUT2D eigenvalue weighted by Gasteiger charge is 2.45. The van der Waals surface area contributed by atoms with Gasteiger partial charge in [0.05, 0.1) is 12.0 Å². The molecule has 1 saturated heterocycles. The zero-order valence-corrected chi connectivity index (χ0v) is 10.3. The van der Waals surface area contributed by atoms with Gasteiger partial charge in [-0.05, 0) is 13.0 Å². The molecule has 19 heavy (non-hydrogen) atoms. The molecule has 2 rings (SSSR count). The minimum absolute atomic E-state index is 0.0832. The van der Waals surface area contributed by atoms with Gasteiger partial charge in [0.2, 0.25) is 5.91 Å². The summed E-state index contributed by atoms with van der Waals surface area (Å²) < 4.78 is 27.1. The van der Waals surface area contributed by atoms with E-state index in [-0.39, 0.29) is 24.4 Å². The molecule has 1 aromatic carbocycles.